The number of aliphatic hydroxyl groups excluding tert-OH is 1. The van der Waals surface area contributed by atoms with Gasteiger partial charge < -0.3 is 10.0 Å². The van der Waals surface area contributed by atoms with E-state index in [-0.39, 0.29) is 29.8 Å². The minimum atomic E-state index is -4.32. The van der Waals surface area contributed by atoms with Crippen molar-refractivity contribution in [2.45, 2.75) is 52.1 Å². The summed E-state index contributed by atoms with van der Waals surface area (Å²) in [6.07, 6.45) is -0.571. The van der Waals surface area contributed by atoms with E-state index in [0.717, 1.165) is 19.3 Å². The molecule has 6 heteroatoms. The maximum Gasteiger partial charge on any atom is 0.416 e. The van der Waals surface area contributed by atoms with E-state index in [1.165, 1.54) is 12.1 Å². The summed E-state index contributed by atoms with van der Waals surface area (Å²) in [6.45, 7) is 4.98. The fourth-order valence-corrected chi connectivity index (χ4v) is 4.91. The predicted molar refractivity (Wildman–Crippen MR) is 97.1 cm³/mol. The summed E-state index contributed by atoms with van der Waals surface area (Å²) in [4.78, 5) is 14.2. The molecule has 0 radical (unpaired) electrons. The van der Waals surface area contributed by atoms with Gasteiger partial charge >= 0.3 is 6.18 Å². The van der Waals surface area contributed by atoms with Gasteiger partial charge in [0, 0.05) is 18.5 Å². The number of likely N-dealkylation sites (tertiary alicyclic amines) is 1. The lowest BCUT2D eigenvalue weighted by Crippen LogP contribution is -2.65. The second-order valence-corrected chi connectivity index (χ2v) is 8.44. The average Bonchev–Trinajstić information content (AvgIpc) is 2.53. The second kappa shape index (κ2) is 7.46. The smallest absolute Gasteiger partial charge is 0.396 e. The molecule has 1 N–H and O–H groups in total. The van der Waals surface area contributed by atoms with Gasteiger partial charge in [-0.1, -0.05) is 25.5 Å². The molecule has 27 heavy (non-hydrogen) atoms. The van der Waals surface area contributed by atoms with Gasteiger partial charge in [0.1, 0.15) is 0 Å². The van der Waals surface area contributed by atoms with Crippen LogP contribution in [0.25, 0.3) is 0 Å². The summed E-state index contributed by atoms with van der Waals surface area (Å²) >= 11 is 0. The fraction of sp³-hybridized carbons (Fsp3) is 0.667. The Kier molecular flexibility index (Phi) is 5.57. The highest BCUT2D eigenvalue weighted by atomic mass is 19.4. The zero-order valence-corrected chi connectivity index (χ0v) is 16.0. The van der Waals surface area contributed by atoms with Crippen molar-refractivity contribution in [3.8, 4) is 0 Å². The number of aliphatic hydroxyl groups is 1. The largest absolute Gasteiger partial charge is 0.416 e. The van der Waals surface area contributed by atoms with Crippen LogP contribution in [0.15, 0.2) is 18.2 Å². The minimum absolute atomic E-state index is 0.0201. The Bertz CT molecular complexity index is 687. The third-order valence-electron chi connectivity index (χ3n) is 6.22. The quantitative estimate of drug-likeness (QED) is 0.800. The van der Waals surface area contributed by atoms with Gasteiger partial charge in [-0.05, 0) is 55.7 Å². The van der Waals surface area contributed by atoms with E-state index < -0.39 is 11.7 Å². The summed E-state index contributed by atoms with van der Waals surface area (Å²) in [7, 11) is 0. The Hall–Kier alpha value is -1.56. The molecule has 2 fully saturated rings. The van der Waals surface area contributed by atoms with Crippen LogP contribution in [-0.4, -0.2) is 35.6 Å². The van der Waals surface area contributed by atoms with E-state index in [1.54, 1.807) is 13.0 Å². The number of hydrogen-bond donors (Lipinski definition) is 1. The molecule has 1 aromatic carbocycles. The van der Waals surface area contributed by atoms with Crippen molar-refractivity contribution < 1.29 is 23.1 Å². The second-order valence-electron chi connectivity index (χ2n) is 8.44. The third-order valence-corrected chi connectivity index (χ3v) is 6.22. The van der Waals surface area contributed by atoms with Crippen molar-refractivity contribution in [1.82, 2.24) is 4.90 Å². The van der Waals surface area contributed by atoms with Crippen LogP contribution in [0.1, 0.15) is 49.3 Å². The molecule has 1 spiro atoms. The van der Waals surface area contributed by atoms with Gasteiger partial charge in [-0.25, -0.2) is 0 Å². The van der Waals surface area contributed by atoms with Crippen molar-refractivity contribution in [2.75, 3.05) is 19.7 Å². The summed E-state index contributed by atoms with van der Waals surface area (Å²) in [5, 5.41) is 9.38. The van der Waals surface area contributed by atoms with Crippen molar-refractivity contribution in [1.29, 1.82) is 0 Å². The predicted octanol–water partition coefficient (Wildman–Crippen LogP) is 4.20. The summed E-state index contributed by atoms with van der Waals surface area (Å²) in [5.41, 5.74) is 0.689. The van der Waals surface area contributed by atoms with Crippen LogP contribution >= 0.6 is 0 Å². The zero-order chi connectivity index (χ0) is 19.8. The maximum absolute atomic E-state index is 13.3. The first-order valence-corrected chi connectivity index (χ1v) is 9.74. The van der Waals surface area contributed by atoms with Crippen LogP contribution in [0, 0.1) is 24.2 Å². The molecule has 1 atom stereocenters. The van der Waals surface area contributed by atoms with E-state index in [9.17, 15) is 23.1 Å². The van der Waals surface area contributed by atoms with Crippen LogP contribution in [-0.2, 0) is 17.4 Å². The van der Waals surface area contributed by atoms with Gasteiger partial charge in [-0.2, -0.15) is 13.2 Å². The van der Waals surface area contributed by atoms with Crippen molar-refractivity contribution in [3.63, 3.8) is 0 Å². The molecule has 1 amide bonds. The van der Waals surface area contributed by atoms with E-state index >= 15 is 0 Å². The lowest BCUT2D eigenvalue weighted by molar-refractivity contribution is -0.161. The molecule has 1 aliphatic heterocycles. The molecule has 3 rings (SSSR count). The number of hydrogen-bond acceptors (Lipinski definition) is 2. The van der Waals surface area contributed by atoms with Crippen molar-refractivity contribution in [3.05, 3.63) is 34.9 Å². The van der Waals surface area contributed by atoms with Crippen LogP contribution in [0.2, 0.25) is 0 Å². The molecule has 1 aromatic rings. The first-order chi connectivity index (χ1) is 12.7. The molecule has 0 unspecified atom stereocenters. The number of aryl methyl sites for hydroxylation is 1. The monoisotopic (exact) mass is 383 g/mol. The normalized spacial score (nSPS) is 20.3. The van der Waals surface area contributed by atoms with Crippen LogP contribution in [0.4, 0.5) is 13.2 Å². The third kappa shape index (κ3) is 4.00. The van der Waals surface area contributed by atoms with Gasteiger partial charge in [0.25, 0.3) is 0 Å². The highest BCUT2D eigenvalue weighted by molar-refractivity contribution is 5.80. The van der Waals surface area contributed by atoms with E-state index in [2.05, 4.69) is 0 Å². The van der Waals surface area contributed by atoms with E-state index in [4.69, 9.17) is 0 Å². The van der Waals surface area contributed by atoms with Crippen molar-refractivity contribution in [2.24, 2.45) is 17.3 Å². The number of benzene rings is 1. The Morgan fingerprint density at radius 3 is 2.56 bits per heavy atom. The summed E-state index contributed by atoms with van der Waals surface area (Å²) in [5.74, 6) is -0.0510. The van der Waals surface area contributed by atoms with Crippen LogP contribution < -0.4 is 0 Å². The first-order valence-electron chi connectivity index (χ1n) is 9.74. The standard InChI is InChI=1S/C21H28F3NO2/c1-3-5-16(11-26)19(27)25-12-20(13-25)9-15(10-20)8-17-14(2)6-4-7-18(17)21(22,23)24/h4,6-7,15-16,26H,3,5,8-13H2,1-2H3/t16-/m1/s1. The maximum atomic E-state index is 13.3. The molecule has 1 aliphatic carbocycles. The van der Waals surface area contributed by atoms with Crippen molar-refractivity contribution >= 4 is 5.91 Å². The fourth-order valence-electron chi connectivity index (χ4n) is 4.91. The molecule has 0 bridgehead atoms. The van der Waals surface area contributed by atoms with Gasteiger partial charge in [0.05, 0.1) is 18.1 Å². The number of alkyl halides is 3. The highest BCUT2D eigenvalue weighted by Crippen LogP contribution is 2.53. The summed E-state index contributed by atoms with van der Waals surface area (Å²) in [6, 6.07) is 4.38. The number of nitrogens with zero attached hydrogens (tertiary/aromatic N) is 1. The number of carbonyl (C=O) groups excluding carboxylic acids is 1. The Balaban J connectivity index is 1.56. The first kappa shape index (κ1) is 20.2. The van der Waals surface area contributed by atoms with E-state index in [0.29, 0.717) is 37.1 Å². The molecule has 1 saturated heterocycles. The molecule has 1 heterocycles. The molecule has 0 aromatic heterocycles. The van der Waals surface area contributed by atoms with Gasteiger partial charge in [0.15, 0.2) is 0 Å². The number of carbonyl (C=O) groups is 1. The lowest BCUT2D eigenvalue weighted by atomic mass is 9.56. The Morgan fingerprint density at radius 2 is 2.00 bits per heavy atom. The Labute approximate surface area is 158 Å². The minimum Gasteiger partial charge on any atom is -0.396 e. The molecule has 3 nitrogen and oxygen atoms in total. The lowest BCUT2D eigenvalue weighted by Gasteiger charge is -2.59. The average molecular weight is 383 g/mol. The number of halogens is 3. The number of rotatable bonds is 6. The van der Waals surface area contributed by atoms with Gasteiger partial charge in [0.2, 0.25) is 5.91 Å². The Morgan fingerprint density at radius 1 is 1.33 bits per heavy atom. The van der Waals surface area contributed by atoms with Crippen LogP contribution in [0.3, 0.4) is 0 Å². The number of amides is 1. The van der Waals surface area contributed by atoms with Gasteiger partial charge in [-0.3, -0.25) is 4.79 Å². The van der Waals surface area contributed by atoms with E-state index in [1.807, 2.05) is 11.8 Å². The van der Waals surface area contributed by atoms with Crippen LogP contribution in [0.5, 0.6) is 0 Å². The topological polar surface area (TPSA) is 40.5 Å². The van der Waals surface area contributed by atoms with Gasteiger partial charge in [-0.15, -0.1) is 0 Å². The SMILES string of the molecule is CCC[C@H](CO)C(=O)N1CC2(CC(Cc3c(C)cccc3C(F)(F)F)C2)C1. The molecule has 2 aliphatic rings. The highest BCUT2D eigenvalue weighted by Gasteiger charge is 2.54. The molecular weight excluding hydrogens is 355 g/mol. The molecule has 150 valence electrons. The molecule has 1 saturated carbocycles. The zero-order valence-electron chi connectivity index (χ0n) is 16.0. The summed E-state index contributed by atoms with van der Waals surface area (Å²) < 4.78 is 39.8. The molecular formula is C21H28F3NO2.